The molecule has 1 saturated heterocycles. The number of ether oxygens (including phenoxy) is 2. The molecule has 0 aromatic heterocycles. The first kappa shape index (κ1) is 23.9. The van der Waals surface area contributed by atoms with E-state index in [4.69, 9.17) is 9.47 Å². The lowest BCUT2D eigenvalue weighted by Crippen LogP contribution is -2.46. The molecule has 34 heavy (non-hydrogen) atoms. The summed E-state index contributed by atoms with van der Waals surface area (Å²) in [6.07, 6.45) is 4.19. The Morgan fingerprint density at radius 1 is 0.853 bits per heavy atom. The predicted molar refractivity (Wildman–Crippen MR) is 137 cm³/mol. The second kappa shape index (κ2) is 11.2. The van der Waals surface area contributed by atoms with Gasteiger partial charge in [0.15, 0.2) is 11.5 Å². The van der Waals surface area contributed by atoms with E-state index in [0.29, 0.717) is 11.5 Å². The maximum atomic E-state index is 13.8. The van der Waals surface area contributed by atoms with Gasteiger partial charge in [0.25, 0.3) is 0 Å². The van der Waals surface area contributed by atoms with Gasteiger partial charge in [-0.15, -0.1) is 0 Å². The van der Waals surface area contributed by atoms with Crippen LogP contribution in [-0.4, -0.2) is 37.6 Å². The van der Waals surface area contributed by atoms with Crippen molar-refractivity contribution in [1.82, 2.24) is 4.90 Å². The fraction of sp³-hybridized carbons (Fsp3) is 0.367. The highest BCUT2D eigenvalue weighted by Gasteiger charge is 2.32. The summed E-state index contributed by atoms with van der Waals surface area (Å²) < 4.78 is 10.8. The van der Waals surface area contributed by atoms with Crippen molar-refractivity contribution in [2.24, 2.45) is 0 Å². The second-order valence-corrected chi connectivity index (χ2v) is 9.13. The number of amides is 1. The van der Waals surface area contributed by atoms with Gasteiger partial charge in [0, 0.05) is 18.5 Å². The third kappa shape index (κ3) is 5.27. The summed E-state index contributed by atoms with van der Waals surface area (Å²) in [4.78, 5) is 15.9. The Bertz CT molecular complexity index is 1030. The van der Waals surface area contributed by atoms with E-state index < -0.39 is 0 Å². The molecule has 1 amide bonds. The molecule has 2 atom stereocenters. The number of methoxy groups -OCH3 is 2. The Morgan fingerprint density at radius 3 is 2.06 bits per heavy atom. The van der Waals surface area contributed by atoms with E-state index in [2.05, 4.69) is 65.6 Å². The van der Waals surface area contributed by atoms with Gasteiger partial charge in [0.05, 0.1) is 20.1 Å². The standard InChI is InChI=1S/C30H35NO3/c1-22(25-17-18-28(33-2)29(20-25)34-3)30(32)31-19-11-10-16-26(31)21-27(23-12-6-4-7-13-23)24-14-8-5-9-15-24/h4-9,12-15,17-18,20,22,26-27H,10-11,16,19,21H2,1-3H3. The second-order valence-electron chi connectivity index (χ2n) is 9.13. The SMILES string of the molecule is COc1ccc(C(C)C(=O)N2CCCCC2CC(c2ccccc2)c2ccccc2)cc1OC. The number of rotatable bonds is 8. The Morgan fingerprint density at radius 2 is 1.47 bits per heavy atom. The van der Waals surface area contributed by atoms with Gasteiger partial charge in [-0.2, -0.15) is 0 Å². The van der Waals surface area contributed by atoms with Gasteiger partial charge >= 0.3 is 0 Å². The molecule has 0 aliphatic carbocycles. The van der Waals surface area contributed by atoms with E-state index in [1.165, 1.54) is 11.1 Å². The Balaban J connectivity index is 1.58. The minimum Gasteiger partial charge on any atom is -0.493 e. The monoisotopic (exact) mass is 457 g/mol. The van der Waals surface area contributed by atoms with Crippen LogP contribution in [0.2, 0.25) is 0 Å². The van der Waals surface area contributed by atoms with Crippen molar-refractivity contribution in [2.45, 2.75) is 50.5 Å². The number of carbonyl (C=O) groups excluding carboxylic acids is 1. The summed E-state index contributed by atoms with van der Waals surface area (Å²) >= 11 is 0. The molecule has 1 fully saturated rings. The minimum atomic E-state index is -0.243. The zero-order valence-corrected chi connectivity index (χ0v) is 20.4. The van der Waals surface area contributed by atoms with Crippen molar-refractivity contribution < 1.29 is 14.3 Å². The molecule has 4 rings (SSSR count). The maximum absolute atomic E-state index is 13.8. The minimum absolute atomic E-state index is 0.191. The molecule has 0 bridgehead atoms. The molecule has 0 spiro atoms. The number of benzene rings is 3. The van der Waals surface area contributed by atoms with E-state index >= 15 is 0 Å². The van der Waals surface area contributed by atoms with Crippen molar-refractivity contribution in [1.29, 1.82) is 0 Å². The van der Waals surface area contributed by atoms with Crippen LogP contribution >= 0.6 is 0 Å². The molecule has 178 valence electrons. The number of hydrogen-bond donors (Lipinski definition) is 0. The molecule has 0 saturated carbocycles. The van der Waals surface area contributed by atoms with E-state index in [0.717, 1.165) is 37.8 Å². The maximum Gasteiger partial charge on any atom is 0.230 e. The fourth-order valence-electron chi connectivity index (χ4n) is 5.16. The van der Waals surface area contributed by atoms with Crippen molar-refractivity contribution in [2.75, 3.05) is 20.8 Å². The van der Waals surface area contributed by atoms with Gasteiger partial charge in [-0.05, 0) is 61.4 Å². The summed E-state index contributed by atoms with van der Waals surface area (Å²) in [7, 11) is 3.25. The van der Waals surface area contributed by atoms with Crippen molar-refractivity contribution in [3.05, 3.63) is 95.6 Å². The Hall–Kier alpha value is -3.27. The molecule has 1 aliphatic heterocycles. The largest absolute Gasteiger partial charge is 0.493 e. The third-order valence-electron chi connectivity index (χ3n) is 7.10. The van der Waals surface area contributed by atoms with Crippen molar-refractivity contribution in [3.8, 4) is 11.5 Å². The Labute approximate surface area is 203 Å². The number of nitrogens with zero attached hydrogens (tertiary/aromatic N) is 1. The molecule has 3 aromatic rings. The zero-order chi connectivity index (χ0) is 23.9. The highest BCUT2D eigenvalue weighted by atomic mass is 16.5. The van der Waals surface area contributed by atoms with Gasteiger partial charge in [-0.3, -0.25) is 4.79 Å². The quantitative estimate of drug-likeness (QED) is 0.392. The van der Waals surface area contributed by atoms with Crippen LogP contribution < -0.4 is 9.47 Å². The van der Waals surface area contributed by atoms with E-state index in [-0.39, 0.29) is 23.8 Å². The average molecular weight is 458 g/mol. The summed E-state index contributed by atoms with van der Waals surface area (Å²) in [5.41, 5.74) is 3.56. The van der Waals surface area contributed by atoms with E-state index in [1.807, 2.05) is 25.1 Å². The molecule has 3 aromatic carbocycles. The van der Waals surface area contributed by atoms with Gasteiger partial charge < -0.3 is 14.4 Å². The van der Waals surface area contributed by atoms with Gasteiger partial charge in [0.2, 0.25) is 5.91 Å². The first-order chi connectivity index (χ1) is 16.6. The molecule has 0 N–H and O–H groups in total. The Kier molecular flexibility index (Phi) is 7.89. The lowest BCUT2D eigenvalue weighted by atomic mass is 9.83. The first-order valence-electron chi connectivity index (χ1n) is 12.2. The molecule has 1 aliphatic rings. The average Bonchev–Trinajstić information content (AvgIpc) is 2.91. The molecule has 4 heteroatoms. The van der Waals surface area contributed by atoms with Crippen molar-refractivity contribution >= 4 is 5.91 Å². The number of hydrogen-bond acceptors (Lipinski definition) is 3. The topological polar surface area (TPSA) is 38.8 Å². The molecular weight excluding hydrogens is 422 g/mol. The van der Waals surface area contributed by atoms with Crippen molar-refractivity contribution in [3.63, 3.8) is 0 Å². The number of piperidine rings is 1. The van der Waals surface area contributed by atoms with Crippen LogP contribution in [0.1, 0.15) is 61.1 Å². The van der Waals surface area contributed by atoms with Gasteiger partial charge in [-0.25, -0.2) is 0 Å². The van der Waals surface area contributed by atoms with E-state index in [9.17, 15) is 4.79 Å². The molecule has 4 nitrogen and oxygen atoms in total. The highest BCUT2D eigenvalue weighted by Crippen LogP contribution is 2.36. The number of likely N-dealkylation sites (tertiary alicyclic amines) is 1. The van der Waals surface area contributed by atoms with Crippen LogP contribution in [0.4, 0.5) is 0 Å². The molecular formula is C30H35NO3. The lowest BCUT2D eigenvalue weighted by molar-refractivity contribution is -0.136. The van der Waals surface area contributed by atoms with E-state index in [1.54, 1.807) is 14.2 Å². The first-order valence-corrected chi connectivity index (χ1v) is 12.2. The number of carbonyl (C=O) groups is 1. The highest BCUT2D eigenvalue weighted by molar-refractivity contribution is 5.84. The van der Waals surface area contributed by atoms with Crippen LogP contribution in [0.15, 0.2) is 78.9 Å². The summed E-state index contributed by atoms with van der Waals surface area (Å²) in [6, 6.07) is 27.4. The normalized spacial score (nSPS) is 16.8. The fourth-order valence-corrected chi connectivity index (χ4v) is 5.16. The van der Waals surface area contributed by atoms with Gasteiger partial charge in [-0.1, -0.05) is 66.7 Å². The molecule has 0 radical (unpaired) electrons. The third-order valence-corrected chi connectivity index (χ3v) is 7.10. The van der Waals surface area contributed by atoms with Crippen LogP contribution in [0.5, 0.6) is 11.5 Å². The summed E-state index contributed by atoms with van der Waals surface area (Å²) in [6.45, 7) is 2.82. The molecule has 1 heterocycles. The van der Waals surface area contributed by atoms with Crippen LogP contribution in [0, 0.1) is 0 Å². The van der Waals surface area contributed by atoms with Gasteiger partial charge in [0.1, 0.15) is 0 Å². The lowest BCUT2D eigenvalue weighted by Gasteiger charge is -2.39. The zero-order valence-electron chi connectivity index (χ0n) is 20.4. The van der Waals surface area contributed by atoms with Crippen LogP contribution in [-0.2, 0) is 4.79 Å². The van der Waals surface area contributed by atoms with Crippen LogP contribution in [0.3, 0.4) is 0 Å². The smallest absolute Gasteiger partial charge is 0.230 e. The summed E-state index contributed by atoms with van der Waals surface area (Å²) in [5.74, 6) is 1.54. The molecule has 2 unspecified atom stereocenters. The predicted octanol–water partition coefficient (Wildman–Crippen LogP) is 6.41. The van der Waals surface area contributed by atoms with Crippen LogP contribution in [0.25, 0.3) is 0 Å². The summed E-state index contributed by atoms with van der Waals surface area (Å²) in [5, 5.41) is 0.